The predicted octanol–water partition coefficient (Wildman–Crippen LogP) is 2.91. The van der Waals surface area contributed by atoms with Crippen LogP contribution in [0.1, 0.15) is 27.3 Å². The molecule has 1 fully saturated rings. The van der Waals surface area contributed by atoms with Gasteiger partial charge in [0.05, 0.1) is 29.7 Å². The van der Waals surface area contributed by atoms with E-state index in [0.717, 1.165) is 35.3 Å². The number of amides is 1. The number of rotatable bonds is 8. The minimum absolute atomic E-state index is 0.00470. The maximum Gasteiger partial charge on any atom is 0.271 e. The number of aldehydes is 1. The van der Waals surface area contributed by atoms with Crippen molar-refractivity contribution in [1.29, 1.82) is 0 Å². The second kappa shape index (κ2) is 8.91. The maximum absolute atomic E-state index is 12.8. The number of fused-ring (bicyclic) bond motifs is 1. The molecule has 0 bridgehead atoms. The van der Waals surface area contributed by atoms with Crippen molar-refractivity contribution in [2.75, 3.05) is 24.8 Å². The summed E-state index contributed by atoms with van der Waals surface area (Å²) in [5, 5.41) is 14.0. The zero-order valence-corrected chi connectivity index (χ0v) is 18.6. The number of imidazole rings is 1. The fraction of sp³-hybridized carbons (Fsp3) is 0.208. The molecular formula is C24H23N7O3. The minimum Gasteiger partial charge on any atom is -0.385 e. The lowest BCUT2D eigenvalue weighted by molar-refractivity contribution is 0.0927. The second-order valence-electron chi connectivity index (χ2n) is 7.96. The quantitative estimate of drug-likeness (QED) is 0.345. The second-order valence-corrected chi connectivity index (χ2v) is 7.96. The van der Waals surface area contributed by atoms with Gasteiger partial charge in [-0.1, -0.05) is 12.1 Å². The summed E-state index contributed by atoms with van der Waals surface area (Å²) in [7, 11) is 3.42. The van der Waals surface area contributed by atoms with Gasteiger partial charge in [-0.25, -0.2) is 9.50 Å². The lowest BCUT2D eigenvalue weighted by Crippen LogP contribution is -2.29. The van der Waals surface area contributed by atoms with Crippen LogP contribution in [0.5, 0.6) is 0 Å². The Morgan fingerprint density at radius 3 is 2.76 bits per heavy atom. The lowest BCUT2D eigenvalue weighted by Gasteiger charge is -2.11. The number of hydrogen-bond donors (Lipinski definition) is 3. The summed E-state index contributed by atoms with van der Waals surface area (Å²) in [5.74, 6) is 0.280. The van der Waals surface area contributed by atoms with Gasteiger partial charge in [0, 0.05) is 43.2 Å². The fourth-order valence-electron chi connectivity index (χ4n) is 3.74. The van der Waals surface area contributed by atoms with Gasteiger partial charge in [-0.2, -0.15) is 0 Å². The van der Waals surface area contributed by atoms with Crippen molar-refractivity contribution in [3.8, 4) is 11.3 Å². The third kappa shape index (κ3) is 4.18. The molecule has 34 heavy (non-hydrogen) atoms. The molecule has 5 rings (SSSR count). The van der Waals surface area contributed by atoms with Crippen LogP contribution in [-0.4, -0.2) is 58.1 Å². The first-order chi connectivity index (χ1) is 16.6. The zero-order valence-electron chi connectivity index (χ0n) is 18.6. The third-order valence-corrected chi connectivity index (χ3v) is 5.67. The first-order valence-corrected chi connectivity index (χ1v) is 10.8. The van der Waals surface area contributed by atoms with Gasteiger partial charge in [0.15, 0.2) is 23.4 Å². The fourth-order valence-corrected chi connectivity index (χ4v) is 3.74. The van der Waals surface area contributed by atoms with E-state index in [1.54, 1.807) is 32.5 Å². The molecule has 0 radical (unpaired) electrons. The number of nitrogens with one attached hydrogen (secondary N) is 3. The molecule has 3 N–H and O–H groups in total. The summed E-state index contributed by atoms with van der Waals surface area (Å²) in [6.45, 7) is 0. The Hall–Kier alpha value is -4.31. The minimum atomic E-state index is -0.254. The van der Waals surface area contributed by atoms with Gasteiger partial charge in [0.2, 0.25) is 0 Å². The molecule has 1 aromatic carbocycles. The molecule has 1 unspecified atom stereocenters. The van der Waals surface area contributed by atoms with Crippen LogP contribution in [0.3, 0.4) is 0 Å². The molecule has 1 aliphatic carbocycles. The van der Waals surface area contributed by atoms with Crippen LogP contribution in [-0.2, 0) is 4.74 Å². The largest absolute Gasteiger partial charge is 0.385 e. The van der Waals surface area contributed by atoms with Crippen molar-refractivity contribution in [3.63, 3.8) is 0 Å². The van der Waals surface area contributed by atoms with Gasteiger partial charge in [0.1, 0.15) is 0 Å². The van der Waals surface area contributed by atoms with Crippen LogP contribution in [0.15, 0.2) is 54.9 Å². The van der Waals surface area contributed by atoms with E-state index in [1.165, 1.54) is 10.7 Å². The van der Waals surface area contributed by atoms with E-state index in [-0.39, 0.29) is 18.1 Å². The number of methoxy groups -OCH3 is 1. The number of carbonyl (C=O) groups excluding carboxylic acids is 2. The number of benzene rings is 1. The van der Waals surface area contributed by atoms with Crippen LogP contribution < -0.4 is 16.0 Å². The maximum atomic E-state index is 12.8. The van der Waals surface area contributed by atoms with Crippen molar-refractivity contribution in [3.05, 3.63) is 66.1 Å². The van der Waals surface area contributed by atoms with Crippen LogP contribution in [0, 0.1) is 0 Å². The van der Waals surface area contributed by atoms with Gasteiger partial charge in [-0.3, -0.25) is 14.6 Å². The lowest BCUT2D eigenvalue weighted by atomic mass is 10.1. The van der Waals surface area contributed by atoms with E-state index >= 15 is 0 Å². The van der Waals surface area contributed by atoms with Gasteiger partial charge < -0.3 is 20.7 Å². The summed E-state index contributed by atoms with van der Waals surface area (Å²) < 4.78 is 6.79. The molecule has 3 heterocycles. The molecule has 0 saturated heterocycles. The molecule has 0 spiro atoms. The highest BCUT2D eigenvalue weighted by Gasteiger charge is 2.39. The Balaban J connectivity index is 1.43. The monoisotopic (exact) mass is 457 g/mol. The molecule has 1 saturated carbocycles. The highest BCUT2D eigenvalue weighted by molar-refractivity contribution is 5.94. The molecule has 172 valence electrons. The van der Waals surface area contributed by atoms with E-state index in [4.69, 9.17) is 4.74 Å². The van der Waals surface area contributed by atoms with Gasteiger partial charge in [0.25, 0.3) is 5.91 Å². The van der Waals surface area contributed by atoms with Crippen LogP contribution in [0.4, 0.5) is 17.2 Å². The Kier molecular flexibility index (Phi) is 5.64. The molecular weight excluding hydrogens is 434 g/mol. The number of nitrogens with zero attached hydrogens (tertiary/aromatic N) is 4. The summed E-state index contributed by atoms with van der Waals surface area (Å²) in [5.41, 5.74) is 4.55. The number of aromatic nitrogens is 4. The van der Waals surface area contributed by atoms with E-state index in [0.29, 0.717) is 22.7 Å². The van der Waals surface area contributed by atoms with E-state index < -0.39 is 0 Å². The molecule has 1 amide bonds. The van der Waals surface area contributed by atoms with Gasteiger partial charge >= 0.3 is 0 Å². The van der Waals surface area contributed by atoms with Crippen molar-refractivity contribution < 1.29 is 14.3 Å². The highest BCUT2D eigenvalue weighted by atomic mass is 16.5. The van der Waals surface area contributed by atoms with Gasteiger partial charge in [-0.05, 0) is 30.7 Å². The van der Waals surface area contributed by atoms with Crippen molar-refractivity contribution in [1.82, 2.24) is 24.9 Å². The number of hydrogen-bond acceptors (Lipinski definition) is 8. The Labute approximate surface area is 195 Å². The molecule has 10 nitrogen and oxygen atoms in total. The molecule has 2 atom stereocenters. The number of ether oxygens (including phenoxy) is 1. The van der Waals surface area contributed by atoms with Crippen LogP contribution in [0.2, 0.25) is 0 Å². The summed E-state index contributed by atoms with van der Waals surface area (Å²) in [6, 6.07) is 13.1. The predicted molar refractivity (Wildman–Crippen MR) is 128 cm³/mol. The summed E-state index contributed by atoms with van der Waals surface area (Å²) >= 11 is 0. The van der Waals surface area contributed by atoms with E-state index in [9.17, 15) is 9.59 Å². The SMILES string of the molecule is CNc1cc(Nc2cccc(-c3ccc(C=O)cn3)c2)nn2c(C(=O)N[C@@H]3CC3OC)cnc12. The first kappa shape index (κ1) is 21.5. The number of carbonyl (C=O) groups is 2. The molecule has 1 aliphatic rings. The smallest absolute Gasteiger partial charge is 0.271 e. The number of pyridine rings is 1. The Morgan fingerprint density at radius 1 is 1.18 bits per heavy atom. The molecule has 0 aliphatic heterocycles. The Bertz CT molecular complexity index is 1370. The van der Waals surface area contributed by atoms with Crippen molar-refractivity contribution in [2.45, 2.75) is 18.6 Å². The first-order valence-electron chi connectivity index (χ1n) is 10.8. The summed E-state index contributed by atoms with van der Waals surface area (Å²) in [6.07, 6.45) is 4.67. The average molecular weight is 457 g/mol. The zero-order chi connectivity index (χ0) is 23.7. The normalized spacial score (nSPS) is 16.8. The van der Waals surface area contributed by atoms with Crippen molar-refractivity contribution >= 4 is 35.0 Å². The van der Waals surface area contributed by atoms with Gasteiger partial charge in [-0.15, -0.1) is 5.10 Å². The van der Waals surface area contributed by atoms with Crippen LogP contribution in [0.25, 0.3) is 16.9 Å². The topological polar surface area (TPSA) is 123 Å². The molecule has 10 heteroatoms. The highest BCUT2D eigenvalue weighted by Crippen LogP contribution is 2.27. The summed E-state index contributed by atoms with van der Waals surface area (Å²) in [4.78, 5) is 32.4. The third-order valence-electron chi connectivity index (χ3n) is 5.67. The van der Waals surface area contributed by atoms with E-state index in [1.807, 2.05) is 30.3 Å². The standard InChI is InChI=1S/C24H23N7O3/c1-25-19-10-22(28-16-5-3-4-15(8-16)17-7-6-14(13-32)11-26-17)30-31-20(12-27-23(19)31)24(33)29-18-9-21(18)34-2/h3-8,10-13,18,21,25H,9H2,1-2H3,(H,28,30)(H,29,33)/t18-,21?/m1/s1. The molecule has 4 aromatic rings. The van der Waals surface area contributed by atoms with Crippen LogP contribution >= 0.6 is 0 Å². The molecule has 3 aromatic heterocycles. The average Bonchev–Trinajstić information content (AvgIpc) is 3.48. The number of anilines is 3. The Morgan fingerprint density at radius 2 is 2.06 bits per heavy atom. The van der Waals surface area contributed by atoms with E-state index in [2.05, 4.69) is 31.0 Å². The van der Waals surface area contributed by atoms with Crippen molar-refractivity contribution in [2.24, 2.45) is 0 Å².